The molecule has 0 atom stereocenters. The van der Waals surface area contributed by atoms with Crippen LogP contribution in [0, 0.1) is 5.82 Å². The highest BCUT2D eigenvalue weighted by atomic mass is 19.1. The number of ether oxygens (including phenoxy) is 2. The number of carboxylic acids is 1. The van der Waals surface area contributed by atoms with Gasteiger partial charge in [-0.2, -0.15) is 0 Å². The van der Waals surface area contributed by atoms with Gasteiger partial charge in [0.05, 0.1) is 6.54 Å². The van der Waals surface area contributed by atoms with Crippen molar-refractivity contribution >= 4 is 12.1 Å². The Morgan fingerprint density at radius 2 is 2.00 bits per heavy atom. The first kappa shape index (κ1) is 18.7. The molecule has 0 saturated carbocycles. The van der Waals surface area contributed by atoms with Crippen molar-refractivity contribution in [2.75, 3.05) is 13.2 Å². The van der Waals surface area contributed by atoms with E-state index in [0.29, 0.717) is 5.56 Å². The predicted molar refractivity (Wildman–Crippen MR) is 82.1 cm³/mol. The largest absolute Gasteiger partial charge is 0.489 e. The molecule has 1 amide bonds. The van der Waals surface area contributed by atoms with Crippen LogP contribution in [0.25, 0.3) is 0 Å². The second-order valence-corrected chi connectivity index (χ2v) is 5.94. The number of rotatable bonds is 7. The highest BCUT2D eigenvalue weighted by Gasteiger charge is 2.15. The molecule has 0 spiro atoms. The number of amides is 1. The molecule has 23 heavy (non-hydrogen) atoms. The standard InChI is InChI=1S/C16H22FNO5/c1-16(2,3)23-15(21)18-8-9-22-13-6-4-11(10-12(13)17)5-7-14(19)20/h4,6,10H,5,7-9H2,1-3H3,(H,18,21)(H,19,20). The Morgan fingerprint density at radius 1 is 1.30 bits per heavy atom. The Bertz CT molecular complexity index is 554. The summed E-state index contributed by atoms with van der Waals surface area (Å²) >= 11 is 0. The number of aryl methyl sites for hydroxylation is 1. The van der Waals surface area contributed by atoms with Crippen molar-refractivity contribution in [1.82, 2.24) is 5.32 Å². The van der Waals surface area contributed by atoms with Gasteiger partial charge in [0.25, 0.3) is 0 Å². The molecule has 0 aliphatic carbocycles. The third kappa shape index (κ3) is 8.04. The maximum absolute atomic E-state index is 13.8. The van der Waals surface area contributed by atoms with E-state index in [2.05, 4.69) is 5.32 Å². The number of halogens is 1. The van der Waals surface area contributed by atoms with Gasteiger partial charge < -0.3 is 19.9 Å². The zero-order chi connectivity index (χ0) is 17.5. The molecule has 1 rings (SSSR count). The Morgan fingerprint density at radius 3 is 2.57 bits per heavy atom. The number of nitrogens with one attached hydrogen (secondary N) is 1. The first-order valence-corrected chi connectivity index (χ1v) is 7.27. The predicted octanol–water partition coefficient (Wildman–Crippen LogP) is 2.75. The molecule has 0 aliphatic rings. The van der Waals surface area contributed by atoms with E-state index < -0.39 is 23.5 Å². The molecule has 0 saturated heterocycles. The topological polar surface area (TPSA) is 84.9 Å². The molecular formula is C16H22FNO5. The minimum atomic E-state index is -0.932. The van der Waals surface area contributed by atoms with Crippen molar-refractivity contribution in [3.63, 3.8) is 0 Å². The van der Waals surface area contributed by atoms with Crippen molar-refractivity contribution in [2.24, 2.45) is 0 Å². The average Bonchev–Trinajstić information content (AvgIpc) is 2.41. The van der Waals surface area contributed by atoms with Gasteiger partial charge >= 0.3 is 12.1 Å². The maximum atomic E-state index is 13.8. The van der Waals surface area contributed by atoms with Crippen LogP contribution in [0.1, 0.15) is 32.8 Å². The van der Waals surface area contributed by atoms with Crippen LogP contribution in [-0.2, 0) is 16.0 Å². The van der Waals surface area contributed by atoms with Gasteiger partial charge in [-0.1, -0.05) is 6.07 Å². The van der Waals surface area contributed by atoms with Crippen LogP contribution < -0.4 is 10.1 Å². The van der Waals surface area contributed by atoms with Gasteiger partial charge in [0.15, 0.2) is 11.6 Å². The molecule has 0 radical (unpaired) electrons. The summed E-state index contributed by atoms with van der Waals surface area (Å²) in [4.78, 5) is 21.9. The first-order valence-electron chi connectivity index (χ1n) is 7.27. The zero-order valence-corrected chi connectivity index (χ0v) is 13.5. The van der Waals surface area contributed by atoms with Gasteiger partial charge in [0.1, 0.15) is 12.2 Å². The van der Waals surface area contributed by atoms with E-state index in [1.807, 2.05) is 0 Å². The van der Waals surface area contributed by atoms with Gasteiger partial charge in [0.2, 0.25) is 0 Å². The van der Waals surface area contributed by atoms with E-state index in [-0.39, 0.29) is 31.7 Å². The molecule has 128 valence electrons. The summed E-state index contributed by atoms with van der Waals surface area (Å²) in [6, 6.07) is 4.31. The number of hydrogen-bond acceptors (Lipinski definition) is 4. The van der Waals surface area contributed by atoms with Crippen LogP contribution >= 0.6 is 0 Å². The zero-order valence-electron chi connectivity index (χ0n) is 13.5. The van der Waals surface area contributed by atoms with Gasteiger partial charge in [-0.3, -0.25) is 4.79 Å². The molecule has 6 nitrogen and oxygen atoms in total. The molecule has 1 aromatic rings. The Hall–Kier alpha value is -2.31. The fraction of sp³-hybridized carbons (Fsp3) is 0.500. The van der Waals surface area contributed by atoms with Gasteiger partial charge in [-0.15, -0.1) is 0 Å². The third-order valence-electron chi connectivity index (χ3n) is 2.65. The molecule has 0 aliphatic heterocycles. The number of alkyl carbamates (subject to hydrolysis) is 1. The summed E-state index contributed by atoms with van der Waals surface area (Å²) in [5, 5.41) is 11.1. The number of benzene rings is 1. The SMILES string of the molecule is CC(C)(C)OC(=O)NCCOc1ccc(CCC(=O)O)cc1F. The van der Waals surface area contributed by atoms with Crippen LogP contribution in [0.2, 0.25) is 0 Å². The molecular weight excluding hydrogens is 305 g/mol. The van der Waals surface area contributed by atoms with Crippen LogP contribution in [0.4, 0.5) is 9.18 Å². The van der Waals surface area contributed by atoms with Crippen LogP contribution in [0.3, 0.4) is 0 Å². The Balaban J connectivity index is 2.38. The summed E-state index contributed by atoms with van der Waals surface area (Å²) in [5.74, 6) is -1.45. The molecule has 0 aromatic heterocycles. The van der Waals surface area contributed by atoms with Crippen molar-refractivity contribution in [3.8, 4) is 5.75 Å². The normalized spacial score (nSPS) is 11.0. The van der Waals surface area contributed by atoms with E-state index in [0.717, 1.165) is 0 Å². The molecule has 0 heterocycles. The second kappa shape index (κ2) is 8.36. The van der Waals surface area contributed by atoms with Crippen molar-refractivity contribution < 1.29 is 28.6 Å². The molecule has 7 heteroatoms. The fourth-order valence-electron chi connectivity index (χ4n) is 1.70. The summed E-state index contributed by atoms with van der Waals surface area (Å²) in [6.07, 6.45) is -0.364. The molecule has 0 unspecified atom stereocenters. The van der Waals surface area contributed by atoms with E-state index in [9.17, 15) is 14.0 Å². The Labute approximate surface area is 134 Å². The smallest absolute Gasteiger partial charge is 0.407 e. The second-order valence-electron chi connectivity index (χ2n) is 5.94. The van der Waals surface area contributed by atoms with Crippen LogP contribution in [-0.4, -0.2) is 35.9 Å². The van der Waals surface area contributed by atoms with Gasteiger partial charge in [-0.25, -0.2) is 9.18 Å². The number of carbonyl (C=O) groups is 2. The first-order chi connectivity index (χ1) is 10.7. The number of aliphatic carboxylic acids is 1. The lowest BCUT2D eigenvalue weighted by Crippen LogP contribution is -2.34. The van der Waals surface area contributed by atoms with Gasteiger partial charge in [0, 0.05) is 6.42 Å². The fourth-order valence-corrected chi connectivity index (χ4v) is 1.70. The minimum absolute atomic E-state index is 0.0510. The van der Waals surface area contributed by atoms with E-state index in [4.69, 9.17) is 14.6 Å². The van der Waals surface area contributed by atoms with Gasteiger partial charge in [-0.05, 0) is 44.9 Å². The van der Waals surface area contributed by atoms with Crippen LogP contribution in [0.5, 0.6) is 5.75 Å². The van der Waals surface area contributed by atoms with E-state index in [1.165, 1.54) is 12.1 Å². The summed E-state index contributed by atoms with van der Waals surface area (Å²) < 4.78 is 24.1. The van der Waals surface area contributed by atoms with Crippen molar-refractivity contribution in [2.45, 2.75) is 39.2 Å². The quantitative estimate of drug-likeness (QED) is 0.752. The lowest BCUT2D eigenvalue weighted by atomic mass is 10.1. The van der Waals surface area contributed by atoms with Crippen LogP contribution in [0.15, 0.2) is 18.2 Å². The highest BCUT2D eigenvalue weighted by molar-refractivity contribution is 5.67. The minimum Gasteiger partial charge on any atom is -0.489 e. The molecule has 2 N–H and O–H groups in total. The summed E-state index contributed by atoms with van der Waals surface area (Å²) in [5.41, 5.74) is 0.00663. The van der Waals surface area contributed by atoms with E-state index in [1.54, 1.807) is 26.8 Å². The summed E-state index contributed by atoms with van der Waals surface area (Å²) in [7, 11) is 0. The van der Waals surface area contributed by atoms with Crippen molar-refractivity contribution in [3.05, 3.63) is 29.6 Å². The number of carboxylic acid groups (broad SMARTS) is 1. The number of hydrogen-bond donors (Lipinski definition) is 2. The maximum Gasteiger partial charge on any atom is 0.407 e. The lowest BCUT2D eigenvalue weighted by Gasteiger charge is -2.19. The Kier molecular flexibility index (Phi) is 6.81. The third-order valence-corrected chi connectivity index (χ3v) is 2.65. The molecule has 0 fully saturated rings. The summed E-state index contributed by atoms with van der Waals surface area (Å²) in [6.45, 7) is 5.53. The molecule has 1 aromatic carbocycles. The monoisotopic (exact) mass is 327 g/mol. The van der Waals surface area contributed by atoms with E-state index >= 15 is 0 Å². The average molecular weight is 327 g/mol. The number of carbonyl (C=O) groups excluding carboxylic acids is 1. The molecule has 0 bridgehead atoms. The highest BCUT2D eigenvalue weighted by Crippen LogP contribution is 2.19. The van der Waals surface area contributed by atoms with Crippen molar-refractivity contribution in [1.29, 1.82) is 0 Å². The lowest BCUT2D eigenvalue weighted by molar-refractivity contribution is -0.136.